The summed E-state index contributed by atoms with van der Waals surface area (Å²) in [4.78, 5) is 0. The van der Waals surface area contributed by atoms with Crippen molar-refractivity contribution < 1.29 is 0 Å². The largest absolute Gasteiger partial charge is 0.310 e. The molecule has 18 heavy (non-hydrogen) atoms. The summed E-state index contributed by atoms with van der Waals surface area (Å²) < 4.78 is 1.93. The first-order chi connectivity index (χ1) is 8.66. The van der Waals surface area contributed by atoms with Gasteiger partial charge in [-0.2, -0.15) is 5.10 Å². The molecule has 0 saturated carbocycles. The van der Waals surface area contributed by atoms with Crippen LogP contribution >= 0.6 is 0 Å². The molecule has 3 nitrogen and oxygen atoms in total. The highest BCUT2D eigenvalue weighted by atomic mass is 15.3. The third kappa shape index (κ3) is 3.20. The van der Waals surface area contributed by atoms with Crippen LogP contribution in [0.2, 0.25) is 0 Å². The average molecular weight is 243 g/mol. The fraction of sp³-hybridized carbons (Fsp3) is 0.400. The molecule has 0 unspecified atom stereocenters. The Bertz CT molecular complexity index is 485. The van der Waals surface area contributed by atoms with E-state index in [1.165, 1.54) is 16.8 Å². The zero-order valence-corrected chi connectivity index (χ0v) is 11.4. The molecule has 0 amide bonds. The summed E-state index contributed by atoms with van der Waals surface area (Å²) >= 11 is 0. The number of aryl methyl sites for hydroxylation is 2. The highest BCUT2D eigenvalue weighted by Crippen LogP contribution is 2.12. The van der Waals surface area contributed by atoms with Gasteiger partial charge in [-0.15, -0.1) is 0 Å². The number of hydrogen-bond donors (Lipinski definition) is 1. The minimum absolute atomic E-state index is 0.388. The van der Waals surface area contributed by atoms with Gasteiger partial charge >= 0.3 is 0 Å². The summed E-state index contributed by atoms with van der Waals surface area (Å²) in [6.45, 7) is 5.28. The van der Waals surface area contributed by atoms with Crippen molar-refractivity contribution in [2.45, 2.75) is 26.3 Å². The Morgan fingerprint density at radius 1 is 1.22 bits per heavy atom. The SMILES string of the molecule is Cc1ccc([C@@H](C)NCCc2ccnn2C)cc1. The van der Waals surface area contributed by atoms with E-state index >= 15 is 0 Å². The highest BCUT2D eigenvalue weighted by Gasteiger charge is 2.04. The minimum atomic E-state index is 0.388. The van der Waals surface area contributed by atoms with Crippen LogP contribution in [0.25, 0.3) is 0 Å². The Morgan fingerprint density at radius 3 is 2.56 bits per heavy atom. The predicted octanol–water partition coefficient (Wildman–Crippen LogP) is 2.62. The van der Waals surface area contributed by atoms with Gasteiger partial charge in [-0.3, -0.25) is 4.68 Å². The maximum atomic E-state index is 4.17. The molecular formula is C15H21N3. The molecule has 0 aliphatic rings. The second-order valence-electron chi connectivity index (χ2n) is 4.78. The van der Waals surface area contributed by atoms with E-state index in [0.29, 0.717) is 6.04 Å². The van der Waals surface area contributed by atoms with Crippen LogP contribution in [0.1, 0.15) is 29.8 Å². The summed E-state index contributed by atoms with van der Waals surface area (Å²) in [6.07, 6.45) is 2.85. The molecule has 2 aromatic rings. The molecule has 0 radical (unpaired) electrons. The molecule has 1 aromatic heterocycles. The first kappa shape index (κ1) is 12.8. The lowest BCUT2D eigenvalue weighted by Gasteiger charge is -2.14. The van der Waals surface area contributed by atoms with E-state index in [2.05, 4.69) is 54.6 Å². The molecule has 0 bridgehead atoms. The Morgan fingerprint density at radius 2 is 1.94 bits per heavy atom. The van der Waals surface area contributed by atoms with E-state index in [0.717, 1.165) is 13.0 Å². The van der Waals surface area contributed by atoms with Crippen LogP contribution in [0.15, 0.2) is 36.5 Å². The quantitative estimate of drug-likeness (QED) is 0.875. The number of benzene rings is 1. The van der Waals surface area contributed by atoms with E-state index in [9.17, 15) is 0 Å². The molecule has 0 aliphatic heterocycles. The van der Waals surface area contributed by atoms with Gasteiger partial charge in [-0.1, -0.05) is 29.8 Å². The van der Waals surface area contributed by atoms with Crippen molar-refractivity contribution in [3.05, 3.63) is 53.3 Å². The van der Waals surface area contributed by atoms with Crippen LogP contribution in [-0.2, 0) is 13.5 Å². The molecule has 1 N–H and O–H groups in total. The van der Waals surface area contributed by atoms with Crippen LogP contribution < -0.4 is 5.32 Å². The van der Waals surface area contributed by atoms with Crippen LogP contribution in [0.4, 0.5) is 0 Å². The van der Waals surface area contributed by atoms with Crippen molar-refractivity contribution in [2.24, 2.45) is 7.05 Å². The Balaban J connectivity index is 1.83. The fourth-order valence-corrected chi connectivity index (χ4v) is 2.04. The van der Waals surface area contributed by atoms with Crippen molar-refractivity contribution in [3.8, 4) is 0 Å². The van der Waals surface area contributed by atoms with E-state index in [-0.39, 0.29) is 0 Å². The van der Waals surface area contributed by atoms with Gasteiger partial charge in [0.2, 0.25) is 0 Å². The maximum absolute atomic E-state index is 4.17. The molecule has 0 fully saturated rings. The first-order valence-corrected chi connectivity index (χ1v) is 6.43. The number of hydrogen-bond acceptors (Lipinski definition) is 2. The second kappa shape index (κ2) is 5.83. The van der Waals surface area contributed by atoms with Crippen molar-refractivity contribution in [3.63, 3.8) is 0 Å². The lowest BCUT2D eigenvalue weighted by molar-refractivity contribution is 0.564. The Labute approximate surface area is 109 Å². The third-order valence-electron chi connectivity index (χ3n) is 3.33. The molecule has 1 atom stereocenters. The van der Waals surface area contributed by atoms with Gasteiger partial charge in [-0.05, 0) is 25.5 Å². The van der Waals surface area contributed by atoms with Crippen LogP contribution in [-0.4, -0.2) is 16.3 Å². The molecule has 2 rings (SSSR count). The lowest BCUT2D eigenvalue weighted by atomic mass is 10.1. The molecule has 96 valence electrons. The minimum Gasteiger partial charge on any atom is -0.310 e. The monoisotopic (exact) mass is 243 g/mol. The van der Waals surface area contributed by atoms with Crippen LogP contribution in [0.5, 0.6) is 0 Å². The number of aromatic nitrogens is 2. The van der Waals surface area contributed by atoms with E-state index in [1.54, 1.807) is 0 Å². The molecular weight excluding hydrogens is 222 g/mol. The first-order valence-electron chi connectivity index (χ1n) is 6.43. The smallest absolute Gasteiger partial charge is 0.0492 e. The summed E-state index contributed by atoms with van der Waals surface area (Å²) in [6, 6.07) is 11.2. The Kier molecular flexibility index (Phi) is 4.15. The van der Waals surface area contributed by atoms with Gasteiger partial charge in [0, 0.05) is 37.9 Å². The lowest BCUT2D eigenvalue weighted by Crippen LogP contribution is -2.22. The van der Waals surface area contributed by atoms with Gasteiger partial charge in [0.15, 0.2) is 0 Å². The zero-order chi connectivity index (χ0) is 13.0. The van der Waals surface area contributed by atoms with Gasteiger partial charge in [0.1, 0.15) is 0 Å². The summed E-state index contributed by atoms with van der Waals surface area (Å²) in [5, 5.41) is 7.71. The van der Waals surface area contributed by atoms with Crippen molar-refractivity contribution >= 4 is 0 Å². The summed E-state index contributed by atoms with van der Waals surface area (Å²) in [5.41, 5.74) is 3.91. The number of nitrogens with one attached hydrogen (secondary N) is 1. The second-order valence-corrected chi connectivity index (χ2v) is 4.78. The van der Waals surface area contributed by atoms with Gasteiger partial charge < -0.3 is 5.32 Å². The normalized spacial score (nSPS) is 12.6. The molecule has 1 aromatic carbocycles. The van der Waals surface area contributed by atoms with Crippen molar-refractivity contribution in [2.75, 3.05) is 6.54 Å². The number of rotatable bonds is 5. The highest BCUT2D eigenvalue weighted by molar-refractivity contribution is 5.23. The molecule has 1 heterocycles. The standard InChI is InChI=1S/C15H21N3/c1-12-4-6-14(7-5-12)13(2)16-10-8-15-9-11-17-18(15)3/h4-7,9,11,13,16H,8,10H2,1-3H3/t13-/m1/s1. The summed E-state index contributed by atoms with van der Waals surface area (Å²) in [5.74, 6) is 0. The van der Waals surface area contributed by atoms with E-state index < -0.39 is 0 Å². The molecule has 3 heteroatoms. The van der Waals surface area contributed by atoms with Crippen LogP contribution in [0, 0.1) is 6.92 Å². The predicted molar refractivity (Wildman–Crippen MR) is 74.5 cm³/mol. The third-order valence-corrected chi connectivity index (χ3v) is 3.33. The van der Waals surface area contributed by atoms with E-state index in [1.807, 2.05) is 17.9 Å². The van der Waals surface area contributed by atoms with Crippen LogP contribution in [0.3, 0.4) is 0 Å². The zero-order valence-electron chi connectivity index (χ0n) is 11.4. The summed E-state index contributed by atoms with van der Waals surface area (Å²) in [7, 11) is 1.98. The van der Waals surface area contributed by atoms with Crippen molar-refractivity contribution in [1.82, 2.24) is 15.1 Å². The number of nitrogens with zero attached hydrogens (tertiary/aromatic N) is 2. The maximum Gasteiger partial charge on any atom is 0.0492 e. The van der Waals surface area contributed by atoms with Crippen molar-refractivity contribution in [1.29, 1.82) is 0 Å². The molecule has 0 saturated heterocycles. The fourth-order valence-electron chi connectivity index (χ4n) is 2.04. The van der Waals surface area contributed by atoms with Gasteiger partial charge in [-0.25, -0.2) is 0 Å². The molecule has 0 aliphatic carbocycles. The molecule has 0 spiro atoms. The van der Waals surface area contributed by atoms with Gasteiger partial charge in [0.25, 0.3) is 0 Å². The average Bonchev–Trinajstić information content (AvgIpc) is 2.76. The Hall–Kier alpha value is -1.61. The topological polar surface area (TPSA) is 29.9 Å². The van der Waals surface area contributed by atoms with E-state index in [4.69, 9.17) is 0 Å². The van der Waals surface area contributed by atoms with Gasteiger partial charge in [0.05, 0.1) is 0 Å².